The molecule has 10 aromatic rings. The number of pyridine rings is 2. The standard InChI is InChI=1S/C52H32N4O/c1-3-14-34(15-4-1)47-50-49(48-44(54-47)22-13-31-53-48)55-51(56(50)37-16-5-2-6-17-37)35-27-25-33(26-28-35)36-29-30-39-38-18-7-8-19-40(38)52(43(39)32-36)41-20-9-11-23-45(41)57-46-24-12-10-21-42(46)52/h1-32H. The molecule has 0 radical (unpaired) electrons. The summed E-state index contributed by atoms with van der Waals surface area (Å²) in [5.41, 5.74) is 16.4. The summed E-state index contributed by atoms with van der Waals surface area (Å²) in [5.74, 6) is 2.62. The van der Waals surface area contributed by atoms with Crippen molar-refractivity contribution in [2.24, 2.45) is 0 Å². The van der Waals surface area contributed by atoms with Crippen LogP contribution in [-0.4, -0.2) is 19.5 Å². The first-order valence-electron chi connectivity index (χ1n) is 19.3. The Labute approximate surface area is 329 Å². The predicted molar refractivity (Wildman–Crippen MR) is 228 cm³/mol. The van der Waals surface area contributed by atoms with Crippen LogP contribution in [0.25, 0.3) is 72.7 Å². The van der Waals surface area contributed by atoms with Crippen molar-refractivity contribution in [1.82, 2.24) is 19.5 Å². The van der Waals surface area contributed by atoms with Gasteiger partial charge >= 0.3 is 0 Å². The third-order valence-electron chi connectivity index (χ3n) is 11.7. The quantitative estimate of drug-likeness (QED) is 0.181. The first kappa shape index (κ1) is 31.7. The highest BCUT2D eigenvalue weighted by atomic mass is 16.5. The van der Waals surface area contributed by atoms with Crippen LogP contribution >= 0.6 is 0 Å². The summed E-state index contributed by atoms with van der Waals surface area (Å²) in [5, 5.41) is 0. The van der Waals surface area contributed by atoms with Gasteiger partial charge in [-0.15, -0.1) is 0 Å². The van der Waals surface area contributed by atoms with Gasteiger partial charge < -0.3 is 4.74 Å². The molecule has 4 heterocycles. The molecule has 1 aliphatic heterocycles. The minimum atomic E-state index is -0.519. The second kappa shape index (κ2) is 12.2. The fourth-order valence-corrected chi connectivity index (χ4v) is 9.31. The second-order valence-electron chi connectivity index (χ2n) is 14.7. The molecule has 266 valence electrons. The molecule has 2 aliphatic rings. The van der Waals surface area contributed by atoms with E-state index in [-0.39, 0.29) is 0 Å². The summed E-state index contributed by atoms with van der Waals surface area (Å²) in [6.07, 6.45) is 1.82. The first-order valence-corrected chi connectivity index (χ1v) is 19.3. The number of aromatic nitrogens is 4. The van der Waals surface area contributed by atoms with Gasteiger partial charge in [-0.3, -0.25) is 9.55 Å². The number of nitrogens with zero attached hydrogens (tertiary/aromatic N) is 4. The SMILES string of the molecule is c1ccc(-c2nc3cccnc3c3nc(-c4ccc(-c5ccc6c(c5)C5(c7ccccc7Oc7ccccc75)c5ccccc5-6)cc4)n(-c4ccccc4)c23)cc1. The summed E-state index contributed by atoms with van der Waals surface area (Å²) in [7, 11) is 0. The highest BCUT2D eigenvalue weighted by Crippen LogP contribution is 2.62. The summed E-state index contributed by atoms with van der Waals surface area (Å²) in [4.78, 5) is 15.4. The molecule has 0 atom stereocenters. The van der Waals surface area contributed by atoms with Crippen molar-refractivity contribution in [2.75, 3.05) is 0 Å². The van der Waals surface area contributed by atoms with Gasteiger partial charge in [0.25, 0.3) is 0 Å². The predicted octanol–water partition coefficient (Wildman–Crippen LogP) is 12.4. The lowest BCUT2D eigenvalue weighted by atomic mass is 9.66. The van der Waals surface area contributed by atoms with E-state index in [1.165, 1.54) is 22.3 Å². The molecular formula is C52H32N4O. The van der Waals surface area contributed by atoms with E-state index in [1.54, 1.807) is 0 Å². The largest absolute Gasteiger partial charge is 0.457 e. The fraction of sp³-hybridized carbons (Fsp3) is 0.0192. The molecular weight excluding hydrogens is 697 g/mol. The minimum Gasteiger partial charge on any atom is -0.457 e. The van der Waals surface area contributed by atoms with Crippen molar-refractivity contribution in [1.29, 1.82) is 0 Å². The van der Waals surface area contributed by atoms with E-state index in [2.05, 4.69) is 168 Å². The zero-order valence-electron chi connectivity index (χ0n) is 30.7. The Morgan fingerprint density at radius 2 is 1.05 bits per heavy atom. The lowest BCUT2D eigenvalue weighted by Crippen LogP contribution is -2.32. The van der Waals surface area contributed by atoms with Gasteiger partial charge in [-0.2, -0.15) is 0 Å². The molecule has 57 heavy (non-hydrogen) atoms. The summed E-state index contributed by atoms with van der Waals surface area (Å²) < 4.78 is 8.81. The van der Waals surface area contributed by atoms with E-state index in [1.807, 2.05) is 30.5 Å². The van der Waals surface area contributed by atoms with Gasteiger partial charge in [0.15, 0.2) is 0 Å². The Kier molecular flexibility index (Phi) is 6.78. The molecule has 7 aromatic carbocycles. The number of rotatable bonds is 4. The zero-order chi connectivity index (χ0) is 37.5. The number of benzene rings is 7. The fourth-order valence-electron chi connectivity index (χ4n) is 9.31. The van der Waals surface area contributed by atoms with Gasteiger partial charge in [0.1, 0.15) is 33.9 Å². The third kappa shape index (κ3) is 4.54. The lowest BCUT2D eigenvalue weighted by molar-refractivity contribution is 0.436. The van der Waals surface area contributed by atoms with Crippen LogP contribution < -0.4 is 4.74 Å². The molecule has 12 rings (SSSR count). The number of para-hydroxylation sites is 3. The molecule has 0 amide bonds. The number of imidazole rings is 1. The van der Waals surface area contributed by atoms with Crippen molar-refractivity contribution in [3.05, 3.63) is 217 Å². The van der Waals surface area contributed by atoms with Gasteiger partial charge in [0.2, 0.25) is 0 Å². The average molecular weight is 729 g/mol. The molecule has 0 N–H and O–H groups in total. The summed E-state index contributed by atoms with van der Waals surface area (Å²) >= 11 is 0. The third-order valence-corrected chi connectivity index (χ3v) is 11.7. The van der Waals surface area contributed by atoms with Crippen LogP contribution in [0.3, 0.4) is 0 Å². The molecule has 5 heteroatoms. The smallest absolute Gasteiger partial charge is 0.145 e. The van der Waals surface area contributed by atoms with Crippen LogP contribution in [0.1, 0.15) is 22.3 Å². The Balaban J connectivity index is 1.05. The monoisotopic (exact) mass is 728 g/mol. The molecule has 0 saturated heterocycles. The van der Waals surface area contributed by atoms with Crippen molar-refractivity contribution in [3.8, 4) is 62.1 Å². The van der Waals surface area contributed by atoms with E-state index >= 15 is 0 Å². The maximum atomic E-state index is 6.57. The van der Waals surface area contributed by atoms with Crippen molar-refractivity contribution >= 4 is 22.1 Å². The van der Waals surface area contributed by atoms with E-state index < -0.39 is 5.41 Å². The average Bonchev–Trinajstić information content (AvgIpc) is 3.82. The van der Waals surface area contributed by atoms with E-state index in [9.17, 15) is 0 Å². The number of fused-ring (bicyclic) bond motifs is 12. The zero-order valence-corrected chi connectivity index (χ0v) is 30.7. The maximum absolute atomic E-state index is 6.57. The van der Waals surface area contributed by atoms with Crippen molar-refractivity contribution in [2.45, 2.75) is 5.41 Å². The Bertz CT molecular complexity index is 3160. The lowest BCUT2D eigenvalue weighted by Gasteiger charge is -2.39. The van der Waals surface area contributed by atoms with Crippen LogP contribution in [0.2, 0.25) is 0 Å². The molecule has 0 bridgehead atoms. The Morgan fingerprint density at radius 1 is 0.439 bits per heavy atom. The van der Waals surface area contributed by atoms with Crippen LogP contribution in [0.5, 0.6) is 11.5 Å². The van der Waals surface area contributed by atoms with Gasteiger partial charge in [-0.05, 0) is 75.8 Å². The Morgan fingerprint density at radius 3 is 1.81 bits per heavy atom. The second-order valence-corrected chi connectivity index (χ2v) is 14.7. The van der Waals surface area contributed by atoms with Crippen molar-refractivity contribution in [3.63, 3.8) is 0 Å². The highest BCUT2D eigenvalue weighted by molar-refractivity contribution is 6.07. The first-order chi connectivity index (χ1) is 28.3. The Hall–Kier alpha value is -7.63. The van der Waals surface area contributed by atoms with Gasteiger partial charge in [-0.25, -0.2) is 9.97 Å². The number of hydrogen-bond acceptors (Lipinski definition) is 4. The van der Waals surface area contributed by atoms with E-state index in [0.29, 0.717) is 0 Å². The van der Waals surface area contributed by atoms with Crippen LogP contribution in [0.4, 0.5) is 0 Å². The summed E-state index contributed by atoms with van der Waals surface area (Å²) in [6.45, 7) is 0. The normalized spacial score (nSPS) is 13.2. The van der Waals surface area contributed by atoms with Crippen LogP contribution in [-0.2, 0) is 5.41 Å². The molecule has 5 nitrogen and oxygen atoms in total. The molecule has 0 saturated carbocycles. The van der Waals surface area contributed by atoms with Crippen LogP contribution in [0.15, 0.2) is 194 Å². The van der Waals surface area contributed by atoms with Crippen LogP contribution in [0, 0.1) is 0 Å². The highest BCUT2D eigenvalue weighted by Gasteiger charge is 2.51. The van der Waals surface area contributed by atoms with Crippen molar-refractivity contribution < 1.29 is 4.74 Å². The summed E-state index contributed by atoms with van der Waals surface area (Å²) in [6, 6.07) is 66.4. The van der Waals surface area contributed by atoms with Gasteiger partial charge in [0, 0.05) is 34.1 Å². The van der Waals surface area contributed by atoms with E-state index in [4.69, 9.17) is 19.7 Å². The molecule has 0 unspecified atom stereocenters. The van der Waals surface area contributed by atoms with E-state index in [0.717, 1.165) is 84.2 Å². The maximum Gasteiger partial charge on any atom is 0.145 e. The molecule has 0 fully saturated rings. The molecule has 1 aliphatic carbocycles. The van der Waals surface area contributed by atoms with Gasteiger partial charge in [-0.1, -0.05) is 146 Å². The van der Waals surface area contributed by atoms with Gasteiger partial charge in [0.05, 0.1) is 16.6 Å². The minimum absolute atomic E-state index is 0.519. The molecule has 1 spiro atoms. The molecule has 3 aromatic heterocycles. The number of hydrogen-bond donors (Lipinski definition) is 0. The number of ether oxygens (including phenoxy) is 1. The topological polar surface area (TPSA) is 52.8 Å².